The second-order valence-corrected chi connectivity index (χ2v) is 4.56. The van der Waals surface area contributed by atoms with E-state index in [1.807, 2.05) is 24.1 Å². The predicted molar refractivity (Wildman–Crippen MR) is 61.6 cm³/mol. The van der Waals surface area contributed by atoms with Crippen LogP contribution in [0.15, 0.2) is 12.4 Å². The van der Waals surface area contributed by atoms with Crippen molar-refractivity contribution in [2.24, 2.45) is 18.7 Å². The first-order valence-electron chi connectivity index (χ1n) is 5.72. The second-order valence-electron chi connectivity index (χ2n) is 4.56. The van der Waals surface area contributed by atoms with E-state index in [0.717, 1.165) is 18.2 Å². The Kier molecular flexibility index (Phi) is 3.26. The van der Waals surface area contributed by atoms with Gasteiger partial charge in [-0.25, -0.2) is 0 Å². The van der Waals surface area contributed by atoms with Gasteiger partial charge in [0, 0.05) is 25.8 Å². The number of aryl methyl sites for hydroxylation is 1. The molecule has 1 heterocycles. The Balaban J connectivity index is 1.74. The summed E-state index contributed by atoms with van der Waals surface area (Å²) in [7, 11) is 1.94. The maximum absolute atomic E-state index is 5.87. The zero-order chi connectivity index (χ0) is 10.7. The maximum Gasteiger partial charge on any atom is 0.0726 e. The number of nitrogens with two attached hydrogens (primary N) is 1. The molecular weight excluding hydrogens is 188 g/mol. The summed E-state index contributed by atoms with van der Waals surface area (Å²) in [6.45, 7) is 1.05. The van der Waals surface area contributed by atoms with Gasteiger partial charge in [0.05, 0.1) is 11.9 Å². The first kappa shape index (κ1) is 10.5. The topological polar surface area (TPSA) is 55.9 Å². The van der Waals surface area contributed by atoms with E-state index >= 15 is 0 Å². The molecule has 0 spiro atoms. The van der Waals surface area contributed by atoms with Crippen molar-refractivity contribution in [3.63, 3.8) is 0 Å². The number of hydrogen-bond acceptors (Lipinski definition) is 3. The van der Waals surface area contributed by atoms with E-state index in [2.05, 4.69) is 10.4 Å². The smallest absolute Gasteiger partial charge is 0.0726 e. The summed E-state index contributed by atoms with van der Waals surface area (Å²) in [5.41, 5.74) is 6.99. The van der Waals surface area contributed by atoms with Crippen LogP contribution in [0, 0.1) is 5.92 Å². The lowest BCUT2D eigenvalue weighted by Gasteiger charge is -2.26. The first-order chi connectivity index (χ1) is 7.24. The van der Waals surface area contributed by atoms with Gasteiger partial charge in [-0.05, 0) is 31.6 Å². The highest BCUT2D eigenvalue weighted by Crippen LogP contribution is 2.23. The van der Waals surface area contributed by atoms with E-state index < -0.39 is 0 Å². The van der Waals surface area contributed by atoms with Gasteiger partial charge in [-0.2, -0.15) is 5.10 Å². The molecule has 1 saturated carbocycles. The summed E-state index contributed by atoms with van der Waals surface area (Å²) in [5.74, 6) is 0.782. The molecule has 0 atom stereocenters. The van der Waals surface area contributed by atoms with Crippen molar-refractivity contribution in [3.8, 4) is 0 Å². The summed E-state index contributed by atoms with van der Waals surface area (Å²) in [4.78, 5) is 0. The van der Waals surface area contributed by atoms with E-state index in [4.69, 9.17) is 5.73 Å². The van der Waals surface area contributed by atoms with Crippen molar-refractivity contribution in [1.29, 1.82) is 0 Å². The van der Waals surface area contributed by atoms with Crippen LogP contribution < -0.4 is 11.1 Å². The lowest BCUT2D eigenvalue weighted by molar-refractivity contribution is 0.339. The van der Waals surface area contributed by atoms with E-state index in [0.29, 0.717) is 6.04 Å². The highest BCUT2D eigenvalue weighted by Gasteiger charge is 2.18. The Labute approximate surface area is 90.8 Å². The van der Waals surface area contributed by atoms with Gasteiger partial charge < -0.3 is 11.1 Å². The van der Waals surface area contributed by atoms with E-state index in [9.17, 15) is 0 Å². The van der Waals surface area contributed by atoms with E-state index in [1.165, 1.54) is 25.7 Å². The molecule has 1 aliphatic carbocycles. The number of nitrogens with one attached hydrogen (secondary N) is 1. The van der Waals surface area contributed by atoms with Crippen molar-refractivity contribution in [3.05, 3.63) is 12.4 Å². The molecule has 0 unspecified atom stereocenters. The average molecular weight is 208 g/mol. The number of anilines is 1. The van der Waals surface area contributed by atoms with Crippen LogP contribution in [0.5, 0.6) is 0 Å². The Hall–Kier alpha value is -1.03. The molecule has 0 radical (unpaired) electrons. The second kappa shape index (κ2) is 4.66. The number of nitrogens with zero attached hydrogens (tertiary/aromatic N) is 2. The lowest BCUT2D eigenvalue weighted by Crippen LogP contribution is -2.29. The monoisotopic (exact) mass is 208 g/mol. The molecule has 1 fully saturated rings. The molecule has 15 heavy (non-hydrogen) atoms. The Bertz CT molecular complexity index is 299. The summed E-state index contributed by atoms with van der Waals surface area (Å²) >= 11 is 0. The minimum absolute atomic E-state index is 0.444. The van der Waals surface area contributed by atoms with Crippen LogP contribution in [0.25, 0.3) is 0 Å². The largest absolute Gasteiger partial charge is 0.382 e. The molecule has 0 saturated heterocycles. The number of aromatic nitrogens is 2. The quantitative estimate of drug-likeness (QED) is 0.788. The van der Waals surface area contributed by atoms with Crippen LogP contribution in [0.2, 0.25) is 0 Å². The Morgan fingerprint density at radius 2 is 2.20 bits per heavy atom. The third-order valence-corrected chi connectivity index (χ3v) is 3.19. The van der Waals surface area contributed by atoms with Crippen molar-refractivity contribution in [2.75, 3.05) is 11.9 Å². The van der Waals surface area contributed by atoms with Crippen LogP contribution >= 0.6 is 0 Å². The van der Waals surface area contributed by atoms with Crippen LogP contribution in [-0.4, -0.2) is 22.4 Å². The van der Waals surface area contributed by atoms with Crippen LogP contribution in [0.4, 0.5) is 5.69 Å². The molecular formula is C11H20N4. The third kappa shape index (κ3) is 2.96. The molecule has 1 aliphatic rings. The predicted octanol–water partition coefficient (Wildman–Crippen LogP) is 1.35. The normalized spacial score (nSPS) is 26.5. The minimum atomic E-state index is 0.444. The molecule has 3 N–H and O–H groups in total. The molecule has 4 nitrogen and oxygen atoms in total. The number of hydrogen-bond donors (Lipinski definition) is 2. The SMILES string of the molecule is Cn1cc(NCC2CCC(N)CC2)cn1. The zero-order valence-electron chi connectivity index (χ0n) is 9.32. The average Bonchev–Trinajstić information content (AvgIpc) is 2.64. The molecule has 1 aromatic heterocycles. The van der Waals surface area contributed by atoms with Crippen molar-refractivity contribution in [2.45, 2.75) is 31.7 Å². The van der Waals surface area contributed by atoms with Crippen molar-refractivity contribution >= 4 is 5.69 Å². The molecule has 0 aromatic carbocycles. The molecule has 4 heteroatoms. The standard InChI is InChI=1S/C11H20N4/c1-15-8-11(7-14-15)13-6-9-2-4-10(12)5-3-9/h7-10,13H,2-6,12H2,1H3. The molecule has 1 aromatic rings. The summed E-state index contributed by atoms with van der Waals surface area (Å²) in [5, 5.41) is 7.55. The van der Waals surface area contributed by atoms with Gasteiger partial charge in [0.25, 0.3) is 0 Å². The fourth-order valence-corrected chi connectivity index (χ4v) is 2.17. The van der Waals surface area contributed by atoms with Crippen LogP contribution in [0.3, 0.4) is 0 Å². The fraction of sp³-hybridized carbons (Fsp3) is 0.727. The van der Waals surface area contributed by atoms with Crippen LogP contribution in [0.1, 0.15) is 25.7 Å². The minimum Gasteiger partial charge on any atom is -0.382 e. The molecule has 0 aliphatic heterocycles. The molecule has 0 amide bonds. The van der Waals surface area contributed by atoms with E-state index in [1.54, 1.807) is 0 Å². The summed E-state index contributed by atoms with van der Waals surface area (Å²) in [6.07, 6.45) is 8.75. The van der Waals surface area contributed by atoms with Gasteiger partial charge in [-0.15, -0.1) is 0 Å². The maximum atomic E-state index is 5.87. The molecule has 2 rings (SSSR count). The number of rotatable bonds is 3. The van der Waals surface area contributed by atoms with Crippen molar-refractivity contribution < 1.29 is 0 Å². The Morgan fingerprint density at radius 1 is 1.47 bits per heavy atom. The zero-order valence-corrected chi connectivity index (χ0v) is 9.32. The Morgan fingerprint density at radius 3 is 2.80 bits per heavy atom. The molecule has 84 valence electrons. The first-order valence-corrected chi connectivity index (χ1v) is 5.72. The summed E-state index contributed by atoms with van der Waals surface area (Å²) in [6, 6.07) is 0.444. The highest BCUT2D eigenvalue weighted by molar-refractivity contribution is 5.37. The van der Waals surface area contributed by atoms with Crippen molar-refractivity contribution in [1.82, 2.24) is 9.78 Å². The highest BCUT2D eigenvalue weighted by atomic mass is 15.3. The van der Waals surface area contributed by atoms with Gasteiger partial charge in [0.2, 0.25) is 0 Å². The van der Waals surface area contributed by atoms with Gasteiger partial charge >= 0.3 is 0 Å². The fourth-order valence-electron chi connectivity index (χ4n) is 2.17. The summed E-state index contributed by atoms with van der Waals surface area (Å²) < 4.78 is 1.82. The molecule has 0 bridgehead atoms. The van der Waals surface area contributed by atoms with Gasteiger partial charge in [-0.3, -0.25) is 4.68 Å². The lowest BCUT2D eigenvalue weighted by atomic mass is 9.86. The van der Waals surface area contributed by atoms with Gasteiger partial charge in [-0.1, -0.05) is 0 Å². The van der Waals surface area contributed by atoms with Crippen LogP contribution in [-0.2, 0) is 7.05 Å². The third-order valence-electron chi connectivity index (χ3n) is 3.19. The van der Waals surface area contributed by atoms with E-state index in [-0.39, 0.29) is 0 Å². The van der Waals surface area contributed by atoms with Gasteiger partial charge in [0.15, 0.2) is 0 Å². The van der Waals surface area contributed by atoms with Gasteiger partial charge in [0.1, 0.15) is 0 Å².